The topological polar surface area (TPSA) is 72.8 Å². The first kappa shape index (κ1) is 24.9. The molecule has 1 N–H and O–H groups in total. The number of carbonyl (C=O) groups excluding carboxylic acids is 1. The summed E-state index contributed by atoms with van der Waals surface area (Å²) in [7, 11) is -2.70. The Bertz CT molecular complexity index is 806. The van der Waals surface area contributed by atoms with Crippen molar-refractivity contribution in [2.24, 2.45) is 0 Å². The molecule has 0 aliphatic heterocycles. The molecule has 0 aromatic heterocycles. The molecular weight excluding hydrogens is 423 g/mol. The van der Waals surface area contributed by atoms with E-state index in [9.17, 15) is 14.5 Å². The number of aliphatic hydroxyl groups is 1. The van der Waals surface area contributed by atoms with Crippen LogP contribution in [0.2, 0.25) is 0 Å². The van der Waals surface area contributed by atoms with Crippen molar-refractivity contribution in [1.82, 2.24) is 0 Å². The fourth-order valence-electron chi connectivity index (χ4n) is 4.67. The van der Waals surface area contributed by atoms with Gasteiger partial charge in [0.1, 0.15) is 5.78 Å². The SMILES string of the molecule is CCC(=O)CCC(CCO)O[PH](=O)OC1CCC(c2ccccc2)(c2ccccc2)CC1. The zero-order valence-electron chi connectivity index (χ0n) is 18.9. The van der Waals surface area contributed by atoms with E-state index in [1.54, 1.807) is 0 Å². The minimum atomic E-state index is -2.70. The van der Waals surface area contributed by atoms with Crippen LogP contribution in [0, 0.1) is 0 Å². The summed E-state index contributed by atoms with van der Waals surface area (Å²) < 4.78 is 24.0. The second-order valence-corrected chi connectivity index (χ2v) is 9.54. The van der Waals surface area contributed by atoms with Gasteiger partial charge in [0, 0.05) is 24.9 Å². The van der Waals surface area contributed by atoms with Crippen molar-refractivity contribution in [2.45, 2.75) is 75.9 Å². The van der Waals surface area contributed by atoms with Crippen LogP contribution in [-0.4, -0.2) is 29.7 Å². The van der Waals surface area contributed by atoms with Crippen molar-refractivity contribution in [2.75, 3.05) is 6.61 Å². The highest BCUT2D eigenvalue weighted by Gasteiger charge is 2.39. The third kappa shape index (κ3) is 6.62. The zero-order valence-corrected chi connectivity index (χ0v) is 19.9. The molecule has 5 nitrogen and oxygen atoms in total. The van der Waals surface area contributed by atoms with Crippen LogP contribution < -0.4 is 0 Å². The number of ketones is 1. The third-order valence-corrected chi connectivity index (χ3v) is 7.61. The summed E-state index contributed by atoms with van der Waals surface area (Å²) in [4.78, 5) is 11.6. The Balaban J connectivity index is 1.61. The standard InChI is InChI=1S/C26H35O5P/c1-2-23(28)13-14-24(17-20-27)30-32(29)31-25-15-18-26(19-16-25,21-9-5-3-6-10-21)22-11-7-4-8-12-22/h3-12,24-25,27,32H,2,13-20H2,1H3. The fraction of sp³-hybridized carbons (Fsp3) is 0.500. The first-order valence-electron chi connectivity index (χ1n) is 11.7. The fourth-order valence-corrected chi connectivity index (χ4v) is 5.74. The Morgan fingerprint density at radius 1 is 1.03 bits per heavy atom. The van der Waals surface area contributed by atoms with Gasteiger partial charge in [-0.3, -0.25) is 9.36 Å². The van der Waals surface area contributed by atoms with E-state index < -0.39 is 14.4 Å². The summed E-state index contributed by atoms with van der Waals surface area (Å²) >= 11 is 0. The van der Waals surface area contributed by atoms with Crippen LogP contribution in [0.3, 0.4) is 0 Å². The van der Waals surface area contributed by atoms with Gasteiger partial charge in [-0.05, 0) is 49.7 Å². The van der Waals surface area contributed by atoms with Gasteiger partial charge in [-0.1, -0.05) is 67.6 Å². The first-order chi connectivity index (χ1) is 15.6. The number of carbonyl (C=O) groups is 1. The van der Waals surface area contributed by atoms with Gasteiger partial charge in [0.05, 0.1) is 12.2 Å². The van der Waals surface area contributed by atoms with E-state index in [4.69, 9.17) is 9.05 Å². The molecule has 174 valence electrons. The van der Waals surface area contributed by atoms with E-state index in [2.05, 4.69) is 48.5 Å². The number of hydrogen-bond donors (Lipinski definition) is 1. The van der Waals surface area contributed by atoms with Crippen LogP contribution in [0.4, 0.5) is 0 Å². The molecule has 0 amide bonds. The lowest BCUT2D eigenvalue weighted by Crippen LogP contribution is -2.35. The number of rotatable bonds is 12. The van der Waals surface area contributed by atoms with Gasteiger partial charge >= 0.3 is 8.25 Å². The molecule has 0 radical (unpaired) electrons. The van der Waals surface area contributed by atoms with Crippen LogP contribution in [0.5, 0.6) is 0 Å². The highest BCUT2D eigenvalue weighted by molar-refractivity contribution is 7.33. The van der Waals surface area contributed by atoms with Gasteiger partial charge in [0.2, 0.25) is 0 Å². The Hall–Kier alpha value is -1.78. The molecule has 32 heavy (non-hydrogen) atoms. The molecule has 2 unspecified atom stereocenters. The van der Waals surface area contributed by atoms with Gasteiger partial charge < -0.3 is 14.2 Å². The molecule has 1 saturated carbocycles. The molecule has 0 saturated heterocycles. The van der Waals surface area contributed by atoms with Crippen molar-refractivity contribution in [1.29, 1.82) is 0 Å². The summed E-state index contributed by atoms with van der Waals surface area (Å²) in [6, 6.07) is 21.2. The lowest BCUT2D eigenvalue weighted by molar-refractivity contribution is -0.119. The molecule has 3 rings (SSSR count). The minimum absolute atomic E-state index is 0.0692. The molecule has 1 fully saturated rings. The largest absolute Gasteiger partial charge is 0.396 e. The van der Waals surface area contributed by atoms with Crippen molar-refractivity contribution >= 4 is 14.0 Å². The smallest absolute Gasteiger partial charge is 0.319 e. The summed E-state index contributed by atoms with van der Waals surface area (Å²) in [5, 5.41) is 9.27. The molecule has 1 aliphatic carbocycles. The molecule has 2 aromatic rings. The quantitative estimate of drug-likeness (QED) is 0.404. The van der Waals surface area contributed by atoms with Crippen LogP contribution in [0.25, 0.3) is 0 Å². The Morgan fingerprint density at radius 3 is 2.09 bits per heavy atom. The molecule has 2 aromatic carbocycles. The van der Waals surface area contributed by atoms with Gasteiger partial charge in [-0.15, -0.1) is 0 Å². The van der Waals surface area contributed by atoms with Gasteiger partial charge in [0.15, 0.2) is 0 Å². The zero-order chi connectivity index (χ0) is 22.8. The predicted octanol–water partition coefficient (Wildman–Crippen LogP) is 5.85. The molecule has 0 spiro atoms. The van der Waals surface area contributed by atoms with E-state index in [0.29, 0.717) is 25.7 Å². The van der Waals surface area contributed by atoms with E-state index in [1.165, 1.54) is 11.1 Å². The Kier molecular flexibility index (Phi) is 9.68. The number of aliphatic hydroxyl groups excluding tert-OH is 1. The summed E-state index contributed by atoms with van der Waals surface area (Å²) in [6.07, 6.45) is 4.53. The average molecular weight is 459 g/mol. The van der Waals surface area contributed by atoms with E-state index in [1.807, 2.05) is 19.1 Å². The summed E-state index contributed by atoms with van der Waals surface area (Å²) in [5.74, 6) is 0.141. The molecular formula is C26H35O5P. The molecule has 1 aliphatic rings. The van der Waals surface area contributed by atoms with Crippen molar-refractivity contribution in [3.8, 4) is 0 Å². The Morgan fingerprint density at radius 2 is 1.59 bits per heavy atom. The lowest BCUT2D eigenvalue weighted by atomic mass is 9.65. The first-order valence-corrected chi connectivity index (χ1v) is 12.9. The summed E-state index contributed by atoms with van der Waals surface area (Å²) in [5.41, 5.74) is 2.54. The van der Waals surface area contributed by atoms with E-state index in [-0.39, 0.29) is 23.9 Å². The highest BCUT2D eigenvalue weighted by atomic mass is 31.1. The minimum Gasteiger partial charge on any atom is -0.396 e. The molecule has 0 bridgehead atoms. The second kappa shape index (κ2) is 12.5. The Labute approximate surface area is 192 Å². The molecule has 6 heteroatoms. The average Bonchev–Trinajstić information content (AvgIpc) is 2.84. The van der Waals surface area contributed by atoms with Crippen LogP contribution >= 0.6 is 8.25 Å². The van der Waals surface area contributed by atoms with E-state index >= 15 is 0 Å². The number of benzene rings is 2. The maximum absolute atomic E-state index is 12.6. The maximum Gasteiger partial charge on any atom is 0.319 e. The molecule has 2 atom stereocenters. The van der Waals surface area contributed by atoms with E-state index in [0.717, 1.165) is 25.7 Å². The monoisotopic (exact) mass is 458 g/mol. The molecule has 0 heterocycles. The summed E-state index contributed by atoms with van der Waals surface area (Å²) in [6.45, 7) is 1.75. The lowest BCUT2D eigenvalue weighted by Gasteiger charge is -2.41. The highest BCUT2D eigenvalue weighted by Crippen LogP contribution is 2.47. The third-order valence-electron chi connectivity index (χ3n) is 6.56. The number of Topliss-reactive ketones (excluding diaryl/α,β-unsaturated/α-hetero) is 1. The number of hydrogen-bond acceptors (Lipinski definition) is 5. The van der Waals surface area contributed by atoms with Crippen LogP contribution in [0.15, 0.2) is 60.7 Å². The van der Waals surface area contributed by atoms with Crippen molar-refractivity contribution in [3.63, 3.8) is 0 Å². The normalized spacial score (nSPS) is 18.2. The van der Waals surface area contributed by atoms with Gasteiger partial charge in [-0.25, -0.2) is 0 Å². The van der Waals surface area contributed by atoms with Gasteiger partial charge in [0.25, 0.3) is 0 Å². The van der Waals surface area contributed by atoms with Crippen LogP contribution in [-0.2, 0) is 23.8 Å². The van der Waals surface area contributed by atoms with Crippen LogP contribution in [0.1, 0.15) is 69.4 Å². The van der Waals surface area contributed by atoms with Gasteiger partial charge in [-0.2, -0.15) is 0 Å². The van der Waals surface area contributed by atoms with Crippen molar-refractivity contribution in [3.05, 3.63) is 71.8 Å². The maximum atomic E-state index is 12.6. The van der Waals surface area contributed by atoms with Crippen molar-refractivity contribution < 1.29 is 23.5 Å². The predicted molar refractivity (Wildman–Crippen MR) is 127 cm³/mol. The second-order valence-electron chi connectivity index (χ2n) is 8.56.